The molecule has 0 bridgehead atoms. The van der Waals surface area contributed by atoms with Crippen molar-refractivity contribution < 1.29 is 9.47 Å². The van der Waals surface area contributed by atoms with E-state index in [0.717, 1.165) is 18.0 Å². The third-order valence-corrected chi connectivity index (χ3v) is 3.65. The van der Waals surface area contributed by atoms with Crippen LogP contribution in [-0.2, 0) is 6.54 Å². The van der Waals surface area contributed by atoms with E-state index in [0.29, 0.717) is 0 Å². The summed E-state index contributed by atoms with van der Waals surface area (Å²) >= 11 is 0. The Morgan fingerprint density at radius 1 is 1.00 bits per heavy atom. The first-order chi connectivity index (χ1) is 10.1. The van der Waals surface area contributed by atoms with E-state index in [1.165, 1.54) is 16.7 Å². The Balaban J connectivity index is 2.03. The summed E-state index contributed by atoms with van der Waals surface area (Å²) in [5, 5.41) is 3.53. The molecule has 2 aromatic carbocycles. The van der Waals surface area contributed by atoms with Crippen molar-refractivity contribution in [3.63, 3.8) is 0 Å². The normalized spacial score (nSPS) is 12.0. The number of hydrogen-bond acceptors (Lipinski definition) is 3. The third-order valence-electron chi connectivity index (χ3n) is 3.65. The van der Waals surface area contributed by atoms with Crippen LogP contribution in [0.15, 0.2) is 42.5 Å². The molecule has 3 nitrogen and oxygen atoms in total. The second-order valence-corrected chi connectivity index (χ2v) is 5.19. The SMILES string of the molecule is COc1ccc([C@@H](C)NCc2cc(C)ccc2OC)cc1. The maximum Gasteiger partial charge on any atom is 0.123 e. The summed E-state index contributed by atoms with van der Waals surface area (Å²) in [7, 11) is 3.39. The highest BCUT2D eigenvalue weighted by atomic mass is 16.5. The summed E-state index contributed by atoms with van der Waals surface area (Å²) in [6.07, 6.45) is 0. The number of ether oxygens (including phenoxy) is 2. The standard InChI is InChI=1S/C18H23NO2/c1-13-5-10-18(21-4)16(11-13)12-19-14(2)15-6-8-17(20-3)9-7-15/h5-11,14,19H,12H2,1-4H3/t14-/m1/s1. The zero-order valence-electron chi connectivity index (χ0n) is 13.1. The number of methoxy groups -OCH3 is 2. The van der Waals surface area contributed by atoms with Gasteiger partial charge in [0, 0.05) is 18.2 Å². The van der Waals surface area contributed by atoms with E-state index in [1.807, 2.05) is 18.2 Å². The minimum Gasteiger partial charge on any atom is -0.497 e. The van der Waals surface area contributed by atoms with E-state index in [1.54, 1.807) is 14.2 Å². The molecule has 0 aromatic heterocycles. The van der Waals surface area contributed by atoms with Gasteiger partial charge in [-0.05, 0) is 37.6 Å². The Bertz CT molecular complexity index is 578. The summed E-state index contributed by atoms with van der Waals surface area (Å²) in [6, 6.07) is 14.7. The van der Waals surface area contributed by atoms with Gasteiger partial charge >= 0.3 is 0 Å². The second kappa shape index (κ2) is 7.14. The molecule has 2 aromatic rings. The zero-order chi connectivity index (χ0) is 15.2. The van der Waals surface area contributed by atoms with Crippen molar-refractivity contribution in [2.75, 3.05) is 14.2 Å². The lowest BCUT2D eigenvalue weighted by Gasteiger charge is -2.16. The van der Waals surface area contributed by atoms with Crippen LogP contribution in [0.5, 0.6) is 11.5 Å². The fourth-order valence-corrected chi connectivity index (χ4v) is 2.32. The minimum absolute atomic E-state index is 0.265. The maximum absolute atomic E-state index is 5.41. The van der Waals surface area contributed by atoms with E-state index >= 15 is 0 Å². The summed E-state index contributed by atoms with van der Waals surface area (Å²) < 4.78 is 10.6. The van der Waals surface area contributed by atoms with Crippen molar-refractivity contribution >= 4 is 0 Å². The quantitative estimate of drug-likeness (QED) is 0.874. The number of benzene rings is 2. The van der Waals surface area contributed by atoms with Crippen LogP contribution in [0.3, 0.4) is 0 Å². The molecule has 0 saturated heterocycles. The third kappa shape index (κ3) is 3.99. The van der Waals surface area contributed by atoms with E-state index in [-0.39, 0.29) is 6.04 Å². The van der Waals surface area contributed by atoms with E-state index in [4.69, 9.17) is 9.47 Å². The number of nitrogens with one attached hydrogen (secondary N) is 1. The first kappa shape index (κ1) is 15.4. The predicted octanol–water partition coefficient (Wildman–Crippen LogP) is 3.86. The van der Waals surface area contributed by atoms with Gasteiger partial charge in [0.25, 0.3) is 0 Å². The van der Waals surface area contributed by atoms with Crippen molar-refractivity contribution in [3.8, 4) is 11.5 Å². The van der Waals surface area contributed by atoms with Crippen LogP contribution in [0.25, 0.3) is 0 Å². The molecule has 0 amide bonds. The van der Waals surface area contributed by atoms with Crippen LogP contribution < -0.4 is 14.8 Å². The molecule has 0 fully saturated rings. The monoisotopic (exact) mass is 285 g/mol. The van der Waals surface area contributed by atoms with Crippen molar-refractivity contribution in [2.24, 2.45) is 0 Å². The summed E-state index contributed by atoms with van der Waals surface area (Å²) in [5.74, 6) is 1.81. The van der Waals surface area contributed by atoms with Crippen molar-refractivity contribution in [3.05, 3.63) is 59.2 Å². The fourth-order valence-electron chi connectivity index (χ4n) is 2.32. The average Bonchev–Trinajstić information content (AvgIpc) is 2.52. The van der Waals surface area contributed by atoms with Gasteiger partial charge in [-0.2, -0.15) is 0 Å². The Hall–Kier alpha value is -2.00. The molecule has 0 spiro atoms. The van der Waals surface area contributed by atoms with E-state index < -0.39 is 0 Å². The zero-order valence-corrected chi connectivity index (χ0v) is 13.1. The lowest BCUT2D eigenvalue weighted by molar-refractivity contribution is 0.405. The molecule has 0 aliphatic heterocycles. The molecule has 0 saturated carbocycles. The van der Waals surface area contributed by atoms with Crippen molar-refractivity contribution in [2.45, 2.75) is 26.4 Å². The Morgan fingerprint density at radius 3 is 2.33 bits per heavy atom. The predicted molar refractivity (Wildman–Crippen MR) is 86.0 cm³/mol. The molecule has 0 radical (unpaired) electrons. The van der Waals surface area contributed by atoms with Gasteiger partial charge in [-0.3, -0.25) is 0 Å². The highest BCUT2D eigenvalue weighted by Crippen LogP contribution is 2.22. The molecule has 0 unspecified atom stereocenters. The maximum atomic E-state index is 5.41. The second-order valence-electron chi connectivity index (χ2n) is 5.19. The highest BCUT2D eigenvalue weighted by Gasteiger charge is 2.08. The van der Waals surface area contributed by atoms with Gasteiger partial charge in [0.05, 0.1) is 14.2 Å². The summed E-state index contributed by atoms with van der Waals surface area (Å²) in [6.45, 7) is 5.03. The van der Waals surface area contributed by atoms with Gasteiger partial charge in [0.2, 0.25) is 0 Å². The van der Waals surface area contributed by atoms with Gasteiger partial charge in [-0.1, -0.05) is 29.8 Å². The molecule has 2 rings (SSSR count). The Morgan fingerprint density at radius 2 is 1.71 bits per heavy atom. The van der Waals surface area contributed by atoms with Crippen LogP contribution in [0, 0.1) is 6.92 Å². The first-order valence-corrected chi connectivity index (χ1v) is 7.15. The topological polar surface area (TPSA) is 30.5 Å². The van der Waals surface area contributed by atoms with E-state index in [2.05, 4.69) is 43.4 Å². The molecule has 1 atom stereocenters. The highest BCUT2D eigenvalue weighted by molar-refractivity contribution is 5.37. The van der Waals surface area contributed by atoms with Gasteiger partial charge in [0.1, 0.15) is 11.5 Å². The molecule has 21 heavy (non-hydrogen) atoms. The van der Waals surface area contributed by atoms with Crippen LogP contribution in [0.4, 0.5) is 0 Å². The van der Waals surface area contributed by atoms with Gasteiger partial charge in [-0.15, -0.1) is 0 Å². The molecule has 112 valence electrons. The van der Waals surface area contributed by atoms with Crippen LogP contribution in [0.2, 0.25) is 0 Å². The molecular weight excluding hydrogens is 262 g/mol. The number of hydrogen-bond donors (Lipinski definition) is 1. The summed E-state index contributed by atoms with van der Waals surface area (Å²) in [5.41, 5.74) is 3.66. The van der Waals surface area contributed by atoms with Crippen LogP contribution >= 0.6 is 0 Å². The van der Waals surface area contributed by atoms with Crippen molar-refractivity contribution in [1.29, 1.82) is 0 Å². The minimum atomic E-state index is 0.265. The Labute approximate surface area is 126 Å². The van der Waals surface area contributed by atoms with Crippen LogP contribution in [0.1, 0.15) is 29.7 Å². The molecule has 1 N–H and O–H groups in total. The van der Waals surface area contributed by atoms with Gasteiger partial charge in [-0.25, -0.2) is 0 Å². The fraction of sp³-hybridized carbons (Fsp3) is 0.333. The van der Waals surface area contributed by atoms with Gasteiger partial charge in [0.15, 0.2) is 0 Å². The largest absolute Gasteiger partial charge is 0.497 e. The molecule has 0 aliphatic carbocycles. The average molecular weight is 285 g/mol. The molecular formula is C18H23NO2. The van der Waals surface area contributed by atoms with Crippen LogP contribution in [-0.4, -0.2) is 14.2 Å². The first-order valence-electron chi connectivity index (χ1n) is 7.15. The number of rotatable bonds is 6. The lowest BCUT2D eigenvalue weighted by atomic mass is 10.1. The molecule has 3 heteroatoms. The molecule has 0 aliphatic rings. The van der Waals surface area contributed by atoms with Crippen molar-refractivity contribution in [1.82, 2.24) is 5.32 Å². The number of aryl methyl sites for hydroxylation is 1. The van der Waals surface area contributed by atoms with E-state index in [9.17, 15) is 0 Å². The Kier molecular flexibility index (Phi) is 5.23. The summed E-state index contributed by atoms with van der Waals surface area (Å²) in [4.78, 5) is 0. The lowest BCUT2D eigenvalue weighted by Crippen LogP contribution is -2.18. The molecule has 0 heterocycles. The smallest absolute Gasteiger partial charge is 0.123 e. The van der Waals surface area contributed by atoms with Gasteiger partial charge < -0.3 is 14.8 Å².